The number of carbonyl (C=O) groups is 1. The van der Waals surface area contributed by atoms with Crippen LogP contribution in [0.25, 0.3) is 0 Å². The number of H-pyrrole nitrogens is 1. The van der Waals surface area contributed by atoms with E-state index < -0.39 is 0 Å². The van der Waals surface area contributed by atoms with Gasteiger partial charge in [0, 0.05) is 11.4 Å². The normalized spacial score (nSPS) is 12.0. The van der Waals surface area contributed by atoms with E-state index in [0.717, 1.165) is 16.9 Å². The van der Waals surface area contributed by atoms with Crippen LogP contribution in [-0.2, 0) is 24.3 Å². The van der Waals surface area contributed by atoms with Crippen LogP contribution in [0, 0.1) is 0 Å². The quantitative estimate of drug-likeness (QED) is 0.582. The summed E-state index contributed by atoms with van der Waals surface area (Å²) in [4.78, 5) is 25.4. The molecule has 8 heteroatoms. The molecule has 26 heavy (non-hydrogen) atoms. The number of rotatable bonds is 8. The van der Waals surface area contributed by atoms with Gasteiger partial charge in [0.25, 0.3) is 0 Å². The first-order valence-corrected chi connectivity index (χ1v) is 10.1. The van der Waals surface area contributed by atoms with Crippen molar-refractivity contribution in [1.29, 1.82) is 0 Å². The van der Waals surface area contributed by atoms with Crippen molar-refractivity contribution < 1.29 is 4.79 Å². The second kappa shape index (κ2) is 8.86. The maximum atomic E-state index is 12.3. The van der Waals surface area contributed by atoms with Crippen molar-refractivity contribution in [1.82, 2.24) is 20.1 Å². The molecular weight excluding hydrogens is 368 g/mol. The lowest BCUT2D eigenvalue weighted by atomic mass is 10.1. The molecule has 0 radical (unpaired) electrons. The van der Waals surface area contributed by atoms with Gasteiger partial charge in [-0.3, -0.25) is 9.36 Å². The van der Waals surface area contributed by atoms with E-state index in [0.29, 0.717) is 18.2 Å². The van der Waals surface area contributed by atoms with Crippen molar-refractivity contribution in [3.8, 4) is 0 Å². The summed E-state index contributed by atoms with van der Waals surface area (Å²) in [7, 11) is 0. The number of amides is 1. The zero-order chi connectivity index (χ0) is 18.4. The average molecular weight is 389 g/mol. The Kier molecular flexibility index (Phi) is 6.30. The van der Waals surface area contributed by atoms with Gasteiger partial charge in [-0.25, -0.2) is 9.89 Å². The molecule has 0 aliphatic heterocycles. The van der Waals surface area contributed by atoms with Gasteiger partial charge in [0.1, 0.15) is 0 Å². The Hall–Kier alpha value is -2.32. The topological polar surface area (TPSA) is 79.8 Å². The van der Waals surface area contributed by atoms with Gasteiger partial charge in [-0.15, -0.1) is 16.4 Å². The third-order valence-corrected chi connectivity index (χ3v) is 5.83. The molecule has 0 fully saturated rings. The number of nitrogens with one attached hydrogen (secondary N) is 2. The van der Waals surface area contributed by atoms with Gasteiger partial charge < -0.3 is 5.32 Å². The molecular formula is C18H20N4O2S2. The second-order valence-electron chi connectivity index (χ2n) is 5.76. The third-order valence-electron chi connectivity index (χ3n) is 3.86. The SMILES string of the molecule is CC(Sc1n[nH]c(=O)n1CCc1ccccc1)C(=O)NCc1cccs1. The predicted octanol–water partition coefficient (Wildman–Crippen LogP) is 2.67. The van der Waals surface area contributed by atoms with Gasteiger partial charge in [0.05, 0.1) is 11.8 Å². The average Bonchev–Trinajstić information content (AvgIpc) is 3.29. The van der Waals surface area contributed by atoms with Crippen LogP contribution in [0.15, 0.2) is 57.8 Å². The number of hydrogen-bond donors (Lipinski definition) is 2. The van der Waals surface area contributed by atoms with Crippen LogP contribution < -0.4 is 11.0 Å². The van der Waals surface area contributed by atoms with E-state index in [-0.39, 0.29) is 16.8 Å². The first kappa shape index (κ1) is 18.5. The monoisotopic (exact) mass is 388 g/mol. The molecule has 136 valence electrons. The molecule has 3 aromatic rings. The van der Waals surface area contributed by atoms with E-state index in [9.17, 15) is 9.59 Å². The Bertz CT molecular complexity index is 888. The molecule has 1 amide bonds. The van der Waals surface area contributed by atoms with Crippen LogP contribution in [0.1, 0.15) is 17.4 Å². The van der Waals surface area contributed by atoms with Crippen LogP contribution in [0.3, 0.4) is 0 Å². The largest absolute Gasteiger partial charge is 0.350 e. The van der Waals surface area contributed by atoms with E-state index in [4.69, 9.17) is 0 Å². The van der Waals surface area contributed by atoms with Crippen LogP contribution in [0.4, 0.5) is 0 Å². The molecule has 1 unspecified atom stereocenters. The number of thiophene rings is 1. The van der Waals surface area contributed by atoms with Crippen molar-refractivity contribution >= 4 is 29.0 Å². The van der Waals surface area contributed by atoms with E-state index in [2.05, 4.69) is 15.5 Å². The summed E-state index contributed by atoms with van der Waals surface area (Å²) in [5.74, 6) is -0.0755. The molecule has 0 bridgehead atoms. The fraction of sp³-hybridized carbons (Fsp3) is 0.278. The van der Waals surface area contributed by atoms with Gasteiger partial charge in [0.15, 0.2) is 5.16 Å². The van der Waals surface area contributed by atoms with Crippen LogP contribution in [0.2, 0.25) is 0 Å². The number of thioether (sulfide) groups is 1. The first-order valence-electron chi connectivity index (χ1n) is 8.29. The summed E-state index contributed by atoms with van der Waals surface area (Å²) in [6.45, 7) is 2.85. The van der Waals surface area contributed by atoms with E-state index >= 15 is 0 Å². The van der Waals surface area contributed by atoms with Gasteiger partial charge in [0.2, 0.25) is 5.91 Å². The first-order chi connectivity index (χ1) is 12.6. The Morgan fingerprint density at radius 2 is 2.12 bits per heavy atom. The smallest absolute Gasteiger partial charge is 0.343 e. The fourth-order valence-electron chi connectivity index (χ4n) is 2.42. The second-order valence-corrected chi connectivity index (χ2v) is 8.10. The van der Waals surface area contributed by atoms with Crippen molar-refractivity contribution in [2.75, 3.05) is 0 Å². The molecule has 0 saturated heterocycles. The fourth-order valence-corrected chi connectivity index (χ4v) is 3.97. The molecule has 3 rings (SSSR count). The molecule has 6 nitrogen and oxygen atoms in total. The minimum atomic E-state index is -0.347. The summed E-state index contributed by atoms with van der Waals surface area (Å²) in [6, 6.07) is 13.9. The molecule has 2 aromatic heterocycles. The number of hydrogen-bond acceptors (Lipinski definition) is 5. The zero-order valence-electron chi connectivity index (χ0n) is 14.3. The van der Waals surface area contributed by atoms with Gasteiger partial charge in [-0.1, -0.05) is 48.2 Å². The number of aromatic amines is 1. The van der Waals surface area contributed by atoms with Crippen molar-refractivity contribution in [2.24, 2.45) is 0 Å². The third kappa shape index (κ3) is 4.86. The maximum Gasteiger partial charge on any atom is 0.343 e. The predicted molar refractivity (Wildman–Crippen MR) is 104 cm³/mol. The lowest BCUT2D eigenvalue weighted by Crippen LogP contribution is -2.30. The van der Waals surface area contributed by atoms with Gasteiger partial charge >= 0.3 is 5.69 Å². The van der Waals surface area contributed by atoms with Crippen molar-refractivity contribution in [2.45, 2.75) is 36.8 Å². The summed E-state index contributed by atoms with van der Waals surface area (Å²) in [6.07, 6.45) is 0.729. The maximum absolute atomic E-state index is 12.3. The molecule has 0 aliphatic carbocycles. The molecule has 2 heterocycles. The summed E-state index contributed by atoms with van der Waals surface area (Å²) in [5.41, 5.74) is 0.896. The van der Waals surface area contributed by atoms with E-state index in [1.54, 1.807) is 15.9 Å². The minimum absolute atomic E-state index is 0.0755. The zero-order valence-corrected chi connectivity index (χ0v) is 16.0. The number of carbonyl (C=O) groups excluding carboxylic acids is 1. The van der Waals surface area contributed by atoms with Crippen LogP contribution in [-0.4, -0.2) is 25.9 Å². The molecule has 0 spiro atoms. The molecule has 1 aromatic carbocycles. The highest BCUT2D eigenvalue weighted by Crippen LogP contribution is 2.20. The van der Waals surface area contributed by atoms with Gasteiger partial charge in [-0.2, -0.15) is 0 Å². The molecule has 2 N–H and O–H groups in total. The van der Waals surface area contributed by atoms with Crippen LogP contribution in [0.5, 0.6) is 0 Å². The lowest BCUT2D eigenvalue weighted by Gasteiger charge is -2.11. The lowest BCUT2D eigenvalue weighted by molar-refractivity contribution is -0.120. The minimum Gasteiger partial charge on any atom is -0.350 e. The number of nitrogens with zero attached hydrogens (tertiary/aromatic N) is 2. The highest BCUT2D eigenvalue weighted by atomic mass is 32.2. The Balaban J connectivity index is 1.58. The summed E-state index contributed by atoms with van der Waals surface area (Å²) in [5, 5.41) is 11.6. The summed E-state index contributed by atoms with van der Waals surface area (Å²) < 4.78 is 1.58. The number of aromatic nitrogens is 3. The van der Waals surface area contributed by atoms with E-state index in [1.807, 2.05) is 54.8 Å². The highest BCUT2D eigenvalue weighted by Gasteiger charge is 2.19. The number of benzene rings is 1. The highest BCUT2D eigenvalue weighted by molar-refractivity contribution is 8.00. The Morgan fingerprint density at radius 1 is 1.31 bits per heavy atom. The summed E-state index contributed by atoms with van der Waals surface area (Å²) >= 11 is 2.89. The Labute approximate surface area is 159 Å². The van der Waals surface area contributed by atoms with Crippen molar-refractivity contribution in [3.63, 3.8) is 0 Å². The van der Waals surface area contributed by atoms with Crippen molar-refractivity contribution in [3.05, 3.63) is 68.8 Å². The Morgan fingerprint density at radius 3 is 2.85 bits per heavy atom. The van der Waals surface area contributed by atoms with E-state index in [1.165, 1.54) is 11.8 Å². The standard InChI is InChI=1S/C18H20N4O2S2/c1-13(16(23)19-12-15-8-5-11-25-15)26-18-21-20-17(24)22(18)10-9-14-6-3-2-4-7-14/h2-8,11,13H,9-10,12H2,1H3,(H,19,23)(H,20,24). The number of aryl methyl sites for hydroxylation is 1. The van der Waals surface area contributed by atoms with Crippen LogP contribution >= 0.6 is 23.1 Å². The molecule has 0 saturated carbocycles. The van der Waals surface area contributed by atoms with Gasteiger partial charge in [-0.05, 0) is 30.4 Å². The molecule has 0 aliphatic rings. The molecule has 1 atom stereocenters.